The van der Waals surface area contributed by atoms with Crippen LogP contribution in [-0.4, -0.2) is 48.3 Å². The molecule has 1 unspecified atom stereocenters. The molecule has 1 aliphatic heterocycles. The lowest BCUT2D eigenvalue weighted by Crippen LogP contribution is -2.49. The molecule has 74 valence electrons. The fourth-order valence-corrected chi connectivity index (χ4v) is 1.34. The van der Waals surface area contributed by atoms with Gasteiger partial charge in [0.1, 0.15) is 6.04 Å². The predicted octanol–water partition coefficient (Wildman–Crippen LogP) is 0.524. The van der Waals surface area contributed by atoms with Crippen LogP contribution in [0.2, 0.25) is 0 Å². The maximum Gasteiger partial charge on any atom is 0.323 e. The maximum atomic E-state index is 10.7. The Hall–Kier alpha value is -0.580. The van der Waals surface area contributed by atoms with E-state index in [-0.39, 0.29) is 6.61 Å². The quantitative estimate of drug-likeness (QED) is 0.730. The molecule has 5 heteroatoms. The molecule has 0 saturated carbocycles. The van der Waals surface area contributed by atoms with Crippen LogP contribution in [0.15, 0.2) is 11.6 Å². The monoisotopic (exact) mass is 205 g/mol. The highest BCUT2D eigenvalue weighted by atomic mass is 35.5. The van der Waals surface area contributed by atoms with E-state index in [2.05, 4.69) is 0 Å². The first-order valence-electron chi connectivity index (χ1n) is 4.05. The zero-order valence-corrected chi connectivity index (χ0v) is 7.91. The molecule has 1 saturated heterocycles. The minimum atomic E-state index is -0.845. The Morgan fingerprint density at radius 2 is 2.54 bits per heavy atom. The lowest BCUT2D eigenvalue weighted by atomic mass is 10.2. The van der Waals surface area contributed by atoms with Crippen LogP contribution in [0.5, 0.6) is 0 Å². The predicted molar refractivity (Wildman–Crippen MR) is 48.8 cm³/mol. The molecule has 0 spiro atoms. The van der Waals surface area contributed by atoms with Gasteiger partial charge in [-0.2, -0.15) is 0 Å². The van der Waals surface area contributed by atoms with Crippen molar-refractivity contribution >= 4 is 17.6 Å². The molecule has 1 heterocycles. The Morgan fingerprint density at radius 3 is 3.15 bits per heavy atom. The van der Waals surface area contributed by atoms with Gasteiger partial charge in [0.2, 0.25) is 0 Å². The van der Waals surface area contributed by atoms with E-state index in [1.54, 1.807) is 6.08 Å². The van der Waals surface area contributed by atoms with Crippen LogP contribution in [0.1, 0.15) is 0 Å². The van der Waals surface area contributed by atoms with Crippen molar-refractivity contribution in [3.8, 4) is 0 Å². The Labute approximate surface area is 81.7 Å². The van der Waals surface area contributed by atoms with Crippen LogP contribution in [0, 0.1) is 0 Å². The highest BCUT2D eigenvalue weighted by molar-refractivity contribution is 6.25. The SMILES string of the molecule is O=C(O)C1COCCN1CC=CCl. The summed E-state index contributed by atoms with van der Waals surface area (Å²) in [5.41, 5.74) is 1.40. The number of ether oxygens (including phenoxy) is 1. The van der Waals surface area contributed by atoms with Crippen molar-refractivity contribution in [2.75, 3.05) is 26.3 Å². The Bertz CT molecular complexity index is 208. The van der Waals surface area contributed by atoms with Crippen molar-refractivity contribution in [3.05, 3.63) is 11.6 Å². The number of carbonyl (C=O) groups is 1. The number of rotatable bonds is 3. The molecule has 0 amide bonds. The average molecular weight is 206 g/mol. The van der Waals surface area contributed by atoms with Crippen molar-refractivity contribution in [2.24, 2.45) is 0 Å². The van der Waals surface area contributed by atoms with Crippen LogP contribution in [0.25, 0.3) is 0 Å². The van der Waals surface area contributed by atoms with E-state index in [1.807, 2.05) is 4.90 Å². The second kappa shape index (κ2) is 5.21. The van der Waals surface area contributed by atoms with Crippen LogP contribution < -0.4 is 0 Å². The summed E-state index contributed by atoms with van der Waals surface area (Å²) in [6, 6.07) is -0.540. The molecule has 0 aliphatic carbocycles. The first kappa shape index (κ1) is 10.5. The molecule has 0 aromatic carbocycles. The topological polar surface area (TPSA) is 49.8 Å². The van der Waals surface area contributed by atoms with Gasteiger partial charge in [-0.15, -0.1) is 0 Å². The Kier molecular flexibility index (Phi) is 4.21. The third kappa shape index (κ3) is 2.99. The van der Waals surface area contributed by atoms with E-state index in [9.17, 15) is 4.79 Å². The molecule has 1 aliphatic rings. The summed E-state index contributed by atoms with van der Waals surface area (Å²) in [7, 11) is 0. The van der Waals surface area contributed by atoms with E-state index in [4.69, 9.17) is 21.4 Å². The van der Waals surface area contributed by atoms with E-state index >= 15 is 0 Å². The van der Waals surface area contributed by atoms with E-state index in [0.717, 1.165) is 0 Å². The second-order valence-electron chi connectivity index (χ2n) is 2.79. The molecule has 1 atom stereocenters. The third-order valence-electron chi connectivity index (χ3n) is 1.95. The van der Waals surface area contributed by atoms with Crippen molar-refractivity contribution in [1.82, 2.24) is 4.90 Å². The minimum absolute atomic E-state index is 0.255. The largest absolute Gasteiger partial charge is 0.480 e. The van der Waals surface area contributed by atoms with E-state index < -0.39 is 12.0 Å². The summed E-state index contributed by atoms with van der Waals surface area (Å²) in [5.74, 6) is -0.845. The van der Waals surface area contributed by atoms with Gasteiger partial charge in [-0.1, -0.05) is 17.7 Å². The number of carboxylic acids is 1. The highest BCUT2D eigenvalue weighted by Crippen LogP contribution is 2.06. The minimum Gasteiger partial charge on any atom is -0.480 e. The van der Waals surface area contributed by atoms with Gasteiger partial charge in [0, 0.05) is 18.6 Å². The summed E-state index contributed by atoms with van der Waals surface area (Å²) >= 11 is 5.36. The summed E-state index contributed by atoms with van der Waals surface area (Å²) in [6.07, 6.45) is 1.73. The molecule has 4 nitrogen and oxygen atoms in total. The second-order valence-corrected chi connectivity index (χ2v) is 3.04. The summed E-state index contributed by atoms with van der Waals surface area (Å²) in [6.45, 7) is 2.04. The fourth-order valence-electron chi connectivity index (χ4n) is 1.26. The first-order chi connectivity index (χ1) is 6.25. The Balaban J connectivity index is 2.51. The number of nitrogens with zero attached hydrogens (tertiary/aromatic N) is 1. The van der Waals surface area contributed by atoms with Crippen molar-refractivity contribution in [2.45, 2.75) is 6.04 Å². The first-order valence-corrected chi connectivity index (χ1v) is 4.49. The molecular formula is C8H12ClNO3. The number of hydrogen-bond donors (Lipinski definition) is 1. The van der Waals surface area contributed by atoms with Gasteiger partial charge in [0.15, 0.2) is 0 Å². The van der Waals surface area contributed by atoms with E-state index in [1.165, 1.54) is 5.54 Å². The molecule has 1 fully saturated rings. The summed E-state index contributed by atoms with van der Waals surface area (Å²) in [5, 5.41) is 8.83. The van der Waals surface area contributed by atoms with Gasteiger partial charge in [0.05, 0.1) is 13.2 Å². The summed E-state index contributed by atoms with van der Waals surface area (Å²) in [4.78, 5) is 12.6. The maximum absolute atomic E-state index is 10.7. The molecular weight excluding hydrogens is 194 g/mol. The molecule has 1 N–H and O–H groups in total. The lowest BCUT2D eigenvalue weighted by Gasteiger charge is -2.31. The van der Waals surface area contributed by atoms with Crippen LogP contribution in [-0.2, 0) is 9.53 Å². The average Bonchev–Trinajstić information content (AvgIpc) is 2.15. The number of carboxylic acid groups (broad SMARTS) is 1. The normalized spacial score (nSPS) is 25.2. The fraction of sp³-hybridized carbons (Fsp3) is 0.625. The Morgan fingerprint density at radius 1 is 1.77 bits per heavy atom. The van der Waals surface area contributed by atoms with Gasteiger partial charge in [0.25, 0.3) is 0 Å². The third-order valence-corrected chi connectivity index (χ3v) is 2.13. The van der Waals surface area contributed by atoms with Crippen LogP contribution in [0.4, 0.5) is 0 Å². The standard InChI is InChI=1S/C8H12ClNO3/c9-2-1-3-10-4-5-13-6-7(10)8(11)12/h1-2,7H,3-6H2,(H,11,12). The number of hydrogen-bond acceptors (Lipinski definition) is 3. The van der Waals surface area contributed by atoms with Crippen molar-refractivity contribution < 1.29 is 14.6 Å². The lowest BCUT2D eigenvalue weighted by molar-refractivity contribution is -0.149. The van der Waals surface area contributed by atoms with Crippen molar-refractivity contribution in [3.63, 3.8) is 0 Å². The van der Waals surface area contributed by atoms with E-state index in [0.29, 0.717) is 19.7 Å². The summed E-state index contributed by atoms with van der Waals surface area (Å²) < 4.78 is 5.07. The van der Waals surface area contributed by atoms with Crippen molar-refractivity contribution in [1.29, 1.82) is 0 Å². The number of morpholine rings is 1. The van der Waals surface area contributed by atoms with Gasteiger partial charge >= 0.3 is 5.97 Å². The molecule has 0 bridgehead atoms. The van der Waals surface area contributed by atoms with Gasteiger partial charge in [-0.3, -0.25) is 9.69 Å². The number of aliphatic carboxylic acids is 1. The molecule has 0 aromatic heterocycles. The molecule has 13 heavy (non-hydrogen) atoms. The van der Waals surface area contributed by atoms with Crippen LogP contribution in [0.3, 0.4) is 0 Å². The van der Waals surface area contributed by atoms with Gasteiger partial charge < -0.3 is 9.84 Å². The van der Waals surface area contributed by atoms with Gasteiger partial charge in [-0.25, -0.2) is 0 Å². The molecule has 1 rings (SSSR count). The number of halogens is 1. The molecule has 0 radical (unpaired) electrons. The zero-order chi connectivity index (χ0) is 9.68. The van der Waals surface area contributed by atoms with Crippen LogP contribution >= 0.6 is 11.6 Å². The molecule has 0 aromatic rings. The van der Waals surface area contributed by atoms with Gasteiger partial charge in [-0.05, 0) is 0 Å². The highest BCUT2D eigenvalue weighted by Gasteiger charge is 2.27. The smallest absolute Gasteiger partial charge is 0.323 e. The zero-order valence-electron chi connectivity index (χ0n) is 7.15.